The normalized spacial score (nSPS) is 10.3. The summed E-state index contributed by atoms with van der Waals surface area (Å²) in [6.45, 7) is 2.69. The van der Waals surface area contributed by atoms with Crippen molar-refractivity contribution in [2.24, 2.45) is 0 Å². The zero-order valence-corrected chi connectivity index (χ0v) is 12.0. The van der Waals surface area contributed by atoms with Gasteiger partial charge in [0.2, 0.25) is 0 Å². The molecule has 0 saturated heterocycles. The molecule has 0 fully saturated rings. The Hall–Kier alpha value is -1.95. The van der Waals surface area contributed by atoms with Gasteiger partial charge in [0.1, 0.15) is 5.69 Å². The molecular weight excluding hydrogens is 260 g/mol. The summed E-state index contributed by atoms with van der Waals surface area (Å²) >= 11 is 1.62. The molecule has 100 valence electrons. The Morgan fingerprint density at radius 3 is 2.84 bits per heavy atom. The Balaban J connectivity index is 2.07. The fourth-order valence-corrected chi connectivity index (χ4v) is 2.28. The number of rotatable bonds is 4. The van der Waals surface area contributed by atoms with Crippen molar-refractivity contribution in [3.05, 3.63) is 40.1 Å². The maximum Gasteiger partial charge on any atom is 0.272 e. The Morgan fingerprint density at radius 1 is 1.42 bits per heavy atom. The summed E-state index contributed by atoms with van der Waals surface area (Å²) in [5.41, 5.74) is 4.19. The highest BCUT2D eigenvalue weighted by Gasteiger charge is 2.10. The van der Waals surface area contributed by atoms with Gasteiger partial charge < -0.3 is 10.2 Å². The van der Waals surface area contributed by atoms with Crippen molar-refractivity contribution >= 4 is 22.9 Å². The molecule has 5 nitrogen and oxygen atoms in total. The van der Waals surface area contributed by atoms with Crippen LogP contribution in [0.25, 0.3) is 0 Å². The Kier molecular flexibility index (Phi) is 4.11. The quantitative estimate of drug-likeness (QED) is 0.929. The maximum atomic E-state index is 11.8. The summed E-state index contributed by atoms with van der Waals surface area (Å²) in [7, 11) is 3.43. The molecule has 2 aromatic heterocycles. The number of aryl methyl sites for hydroxylation is 1. The molecule has 1 amide bonds. The van der Waals surface area contributed by atoms with Gasteiger partial charge in [0.15, 0.2) is 0 Å². The molecule has 1 N–H and O–H groups in total. The van der Waals surface area contributed by atoms with Crippen LogP contribution in [-0.4, -0.2) is 34.9 Å². The van der Waals surface area contributed by atoms with Crippen molar-refractivity contribution in [2.75, 3.05) is 19.4 Å². The number of aromatic nitrogens is 2. The molecule has 0 spiro atoms. The number of hydrogen-bond donors (Lipinski definition) is 1. The van der Waals surface area contributed by atoms with Crippen LogP contribution in [0.5, 0.6) is 0 Å². The van der Waals surface area contributed by atoms with E-state index in [0.717, 1.165) is 11.4 Å². The van der Waals surface area contributed by atoms with Gasteiger partial charge in [-0.1, -0.05) is 0 Å². The first-order valence-corrected chi connectivity index (χ1v) is 6.76. The molecule has 0 radical (unpaired) electrons. The zero-order chi connectivity index (χ0) is 13.8. The van der Waals surface area contributed by atoms with Crippen LogP contribution in [0.15, 0.2) is 23.8 Å². The number of thiazole rings is 1. The average molecular weight is 276 g/mol. The monoisotopic (exact) mass is 276 g/mol. The van der Waals surface area contributed by atoms with Gasteiger partial charge in [-0.3, -0.25) is 9.78 Å². The van der Waals surface area contributed by atoms with Gasteiger partial charge in [0, 0.05) is 30.9 Å². The number of carbonyl (C=O) groups excluding carboxylic acids is 1. The van der Waals surface area contributed by atoms with Crippen LogP contribution in [0.3, 0.4) is 0 Å². The van der Waals surface area contributed by atoms with E-state index >= 15 is 0 Å². The summed E-state index contributed by atoms with van der Waals surface area (Å²) in [6, 6.07) is 3.61. The molecule has 2 rings (SSSR count). The van der Waals surface area contributed by atoms with Crippen molar-refractivity contribution in [1.29, 1.82) is 0 Å². The molecule has 19 heavy (non-hydrogen) atoms. The molecule has 0 unspecified atom stereocenters. The molecule has 0 aliphatic carbocycles. The topological polar surface area (TPSA) is 58.1 Å². The molecule has 2 aromatic rings. The third kappa shape index (κ3) is 3.29. The Bertz CT molecular complexity index is 580. The van der Waals surface area contributed by atoms with E-state index in [1.165, 1.54) is 9.78 Å². The highest BCUT2D eigenvalue weighted by molar-refractivity contribution is 7.09. The smallest absolute Gasteiger partial charge is 0.272 e. The van der Waals surface area contributed by atoms with Crippen LogP contribution < -0.4 is 5.32 Å². The summed E-state index contributed by atoms with van der Waals surface area (Å²) in [5.74, 6) is -0.0994. The molecule has 2 heterocycles. The van der Waals surface area contributed by atoms with Crippen LogP contribution >= 0.6 is 11.3 Å². The van der Waals surface area contributed by atoms with Crippen LogP contribution in [-0.2, 0) is 6.54 Å². The first-order chi connectivity index (χ1) is 9.08. The largest absolute Gasteiger partial charge is 0.380 e. The second-order valence-electron chi connectivity index (χ2n) is 4.34. The number of nitrogens with one attached hydrogen (secondary N) is 1. The Morgan fingerprint density at radius 2 is 2.21 bits per heavy atom. The van der Waals surface area contributed by atoms with Gasteiger partial charge in [-0.2, -0.15) is 0 Å². The molecule has 0 bridgehead atoms. The SMILES string of the molecule is Cc1ncsc1CNc1ccnc(C(=O)N(C)C)c1. The third-order valence-corrected chi connectivity index (χ3v) is 3.62. The molecule has 0 saturated carbocycles. The van der Waals surface area contributed by atoms with E-state index in [0.29, 0.717) is 12.2 Å². The predicted molar refractivity (Wildman–Crippen MR) is 76.4 cm³/mol. The second kappa shape index (κ2) is 5.79. The van der Waals surface area contributed by atoms with E-state index < -0.39 is 0 Å². The number of nitrogens with zero attached hydrogens (tertiary/aromatic N) is 3. The zero-order valence-electron chi connectivity index (χ0n) is 11.2. The lowest BCUT2D eigenvalue weighted by molar-refractivity contribution is 0.0822. The lowest BCUT2D eigenvalue weighted by Gasteiger charge is -2.11. The lowest BCUT2D eigenvalue weighted by Crippen LogP contribution is -2.22. The van der Waals surface area contributed by atoms with Gasteiger partial charge in [0.25, 0.3) is 5.91 Å². The highest BCUT2D eigenvalue weighted by Crippen LogP contribution is 2.15. The summed E-state index contributed by atoms with van der Waals surface area (Å²) < 4.78 is 0. The van der Waals surface area contributed by atoms with Crippen LogP contribution in [0, 0.1) is 6.92 Å². The summed E-state index contributed by atoms with van der Waals surface area (Å²) in [5, 5.41) is 3.28. The number of pyridine rings is 1. The first kappa shape index (κ1) is 13.5. The number of hydrogen-bond acceptors (Lipinski definition) is 5. The van der Waals surface area contributed by atoms with E-state index in [9.17, 15) is 4.79 Å². The van der Waals surface area contributed by atoms with E-state index in [2.05, 4.69) is 15.3 Å². The highest BCUT2D eigenvalue weighted by atomic mass is 32.1. The van der Waals surface area contributed by atoms with E-state index in [1.54, 1.807) is 37.7 Å². The van der Waals surface area contributed by atoms with E-state index in [-0.39, 0.29) is 5.91 Å². The number of amides is 1. The summed E-state index contributed by atoms with van der Waals surface area (Å²) in [6.07, 6.45) is 1.64. The maximum absolute atomic E-state index is 11.8. The van der Waals surface area contributed by atoms with Gasteiger partial charge in [-0.15, -0.1) is 11.3 Å². The van der Waals surface area contributed by atoms with Crippen molar-refractivity contribution in [3.8, 4) is 0 Å². The molecule has 0 aliphatic rings. The predicted octanol–water partition coefficient (Wildman–Crippen LogP) is 2.16. The van der Waals surface area contributed by atoms with Crippen LogP contribution in [0.2, 0.25) is 0 Å². The minimum Gasteiger partial charge on any atom is -0.380 e. The van der Waals surface area contributed by atoms with Crippen molar-refractivity contribution in [1.82, 2.24) is 14.9 Å². The molecule has 0 aliphatic heterocycles. The van der Waals surface area contributed by atoms with Crippen LogP contribution in [0.1, 0.15) is 21.1 Å². The van der Waals surface area contributed by atoms with Gasteiger partial charge in [-0.05, 0) is 19.1 Å². The summed E-state index contributed by atoms with van der Waals surface area (Å²) in [4.78, 5) is 22.8. The van der Waals surface area contributed by atoms with Gasteiger partial charge in [0.05, 0.1) is 17.7 Å². The van der Waals surface area contributed by atoms with Crippen molar-refractivity contribution in [3.63, 3.8) is 0 Å². The Labute approximate surface area is 116 Å². The number of carbonyl (C=O) groups is 1. The molecule has 6 heteroatoms. The minimum absolute atomic E-state index is 0.0994. The second-order valence-corrected chi connectivity index (χ2v) is 5.28. The van der Waals surface area contributed by atoms with Crippen molar-refractivity contribution in [2.45, 2.75) is 13.5 Å². The lowest BCUT2D eigenvalue weighted by atomic mass is 10.3. The molecular formula is C13H16N4OS. The van der Waals surface area contributed by atoms with Crippen molar-refractivity contribution < 1.29 is 4.79 Å². The average Bonchev–Trinajstić information content (AvgIpc) is 2.81. The van der Waals surface area contributed by atoms with Crippen LogP contribution in [0.4, 0.5) is 5.69 Å². The van der Waals surface area contributed by atoms with E-state index in [1.807, 2.05) is 18.5 Å². The fourth-order valence-electron chi connectivity index (χ4n) is 1.56. The number of anilines is 1. The van der Waals surface area contributed by atoms with Gasteiger partial charge >= 0.3 is 0 Å². The fraction of sp³-hybridized carbons (Fsp3) is 0.308. The molecule has 0 aromatic carbocycles. The third-order valence-electron chi connectivity index (χ3n) is 2.68. The molecule has 0 atom stereocenters. The minimum atomic E-state index is -0.0994. The van der Waals surface area contributed by atoms with E-state index in [4.69, 9.17) is 0 Å². The first-order valence-electron chi connectivity index (χ1n) is 5.88. The van der Waals surface area contributed by atoms with Gasteiger partial charge in [-0.25, -0.2) is 4.98 Å². The standard InChI is InChI=1S/C13H16N4OS/c1-9-12(19-8-16-9)7-15-10-4-5-14-11(6-10)13(18)17(2)3/h4-6,8H,7H2,1-3H3,(H,14,15).